The maximum Gasteiger partial charge on any atom is 0.306 e. The monoisotopic (exact) mass is 408 g/mol. The molecule has 0 unspecified atom stereocenters. The Labute approximate surface area is 151 Å². The van der Waals surface area contributed by atoms with Crippen LogP contribution in [0, 0.1) is 29.6 Å². The Morgan fingerprint density at radius 1 is 1.00 bits per heavy atom. The molecule has 0 spiro atoms. The minimum atomic E-state index is -1.54. The van der Waals surface area contributed by atoms with Crippen molar-refractivity contribution >= 4 is 75.6 Å². The topological polar surface area (TPSA) is 37.3 Å². The summed E-state index contributed by atoms with van der Waals surface area (Å²) in [6, 6.07) is 0. The summed E-state index contributed by atoms with van der Waals surface area (Å²) in [6.07, 6.45) is 1.32. The third-order valence-electron chi connectivity index (χ3n) is 5.99. The minimum Gasteiger partial charge on any atom is -0.481 e. The number of allylic oxidation sites excluding steroid dienone is 2. The normalized spacial score (nSPS) is 56.2. The lowest BCUT2D eigenvalue weighted by Gasteiger charge is -2.41. The molecule has 0 heterocycles. The first-order chi connectivity index (χ1) is 9.60. The van der Waals surface area contributed by atoms with E-state index in [0.29, 0.717) is 6.42 Å². The lowest BCUT2D eigenvalue weighted by molar-refractivity contribution is -0.144. The Morgan fingerprint density at radius 3 is 2.05 bits per heavy atom. The number of alkyl halides is 4. The second-order valence-corrected chi connectivity index (χ2v) is 9.79. The van der Waals surface area contributed by atoms with Crippen LogP contribution in [0.3, 0.4) is 0 Å². The van der Waals surface area contributed by atoms with Crippen LogP contribution in [0.4, 0.5) is 0 Å². The molecule has 7 atom stereocenters. The van der Waals surface area contributed by atoms with Gasteiger partial charge in [0, 0.05) is 0 Å². The quantitative estimate of drug-likeness (QED) is 0.497. The van der Waals surface area contributed by atoms with Gasteiger partial charge in [-0.25, -0.2) is 0 Å². The summed E-state index contributed by atoms with van der Waals surface area (Å²) >= 11 is 39.3. The highest BCUT2D eigenvalue weighted by atomic mass is 35.5. The summed E-state index contributed by atoms with van der Waals surface area (Å²) in [5, 5.41) is 9.79. The Bertz CT molecular complexity index is 603. The number of aliphatic carboxylic acids is 1. The van der Waals surface area contributed by atoms with E-state index in [4.69, 9.17) is 69.6 Å². The van der Waals surface area contributed by atoms with Gasteiger partial charge in [-0.1, -0.05) is 46.4 Å². The summed E-state index contributed by atoms with van der Waals surface area (Å²) in [6.45, 7) is 0. The predicted octanol–water partition coefficient (Wildman–Crippen LogP) is 4.80. The molecule has 4 aliphatic carbocycles. The van der Waals surface area contributed by atoms with E-state index in [2.05, 4.69) is 0 Å². The number of rotatable bonds is 1. The maximum absolute atomic E-state index is 11.5. The standard InChI is InChI=1S/C13H10Cl6O2/c14-8-9(15)12(17)7-4-1-3(2-5(4)10(20)21)6(7)11(8,16)13(12,18)19/h3-7H,1-2H2,(H,20,21)/t3-,4-,5-,6+,7-,11-,12-/m1/s1. The van der Waals surface area contributed by atoms with E-state index in [1.54, 1.807) is 0 Å². The molecule has 4 aliphatic rings. The fraction of sp³-hybridized carbons (Fsp3) is 0.769. The van der Waals surface area contributed by atoms with Crippen LogP contribution in [0.25, 0.3) is 0 Å². The van der Waals surface area contributed by atoms with Crippen molar-refractivity contribution in [2.45, 2.75) is 26.9 Å². The van der Waals surface area contributed by atoms with Crippen LogP contribution in [0.2, 0.25) is 0 Å². The molecule has 4 rings (SSSR count). The molecule has 116 valence electrons. The molecule has 21 heavy (non-hydrogen) atoms. The zero-order valence-electron chi connectivity index (χ0n) is 10.4. The molecule has 0 amide bonds. The second-order valence-electron chi connectivity index (χ2n) is 6.52. The molecule has 0 radical (unpaired) electrons. The third kappa shape index (κ3) is 1.34. The van der Waals surface area contributed by atoms with E-state index in [1.165, 1.54) is 0 Å². The zero-order valence-corrected chi connectivity index (χ0v) is 15.0. The summed E-state index contributed by atoms with van der Waals surface area (Å²) < 4.78 is -1.54. The number of carbonyl (C=O) groups is 1. The van der Waals surface area contributed by atoms with Gasteiger partial charge in [-0.05, 0) is 36.5 Å². The summed E-state index contributed by atoms with van der Waals surface area (Å²) in [5.74, 6) is -1.67. The molecule has 0 aliphatic heterocycles. The molecule has 0 aromatic rings. The van der Waals surface area contributed by atoms with Gasteiger partial charge in [-0.2, -0.15) is 0 Å². The van der Waals surface area contributed by atoms with Gasteiger partial charge in [0.2, 0.25) is 0 Å². The van der Waals surface area contributed by atoms with Crippen molar-refractivity contribution in [1.29, 1.82) is 0 Å². The van der Waals surface area contributed by atoms with Crippen molar-refractivity contribution in [3.8, 4) is 0 Å². The molecular weight excluding hydrogens is 401 g/mol. The summed E-state index contributed by atoms with van der Waals surface area (Å²) in [7, 11) is 0. The average Bonchev–Trinajstić information content (AvgIpc) is 3.05. The first kappa shape index (κ1) is 15.5. The van der Waals surface area contributed by atoms with Crippen LogP contribution < -0.4 is 0 Å². The van der Waals surface area contributed by atoms with Gasteiger partial charge in [0.05, 0.1) is 16.0 Å². The fourth-order valence-electron chi connectivity index (χ4n) is 5.33. The number of carboxylic acids is 1. The van der Waals surface area contributed by atoms with Gasteiger partial charge in [-0.3, -0.25) is 4.79 Å². The zero-order chi connectivity index (χ0) is 15.5. The highest BCUT2D eigenvalue weighted by molar-refractivity contribution is 6.65. The molecule has 0 saturated heterocycles. The summed E-state index contributed by atoms with van der Waals surface area (Å²) in [5.41, 5.74) is 0. The molecule has 8 heteroatoms. The van der Waals surface area contributed by atoms with Gasteiger partial charge >= 0.3 is 5.97 Å². The summed E-state index contributed by atoms with van der Waals surface area (Å²) in [4.78, 5) is 8.92. The Kier molecular flexibility index (Phi) is 3.04. The molecule has 1 N–H and O–H groups in total. The van der Waals surface area contributed by atoms with Crippen LogP contribution in [0.15, 0.2) is 10.1 Å². The van der Waals surface area contributed by atoms with Crippen molar-refractivity contribution < 1.29 is 9.90 Å². The van der Waals surface area contributed by atoms with Crippen molar-refractivity contribution in [3.63, 3.8) is 0 Å². The molecule has 3 saturated carbocycles. The number of carboxylic acid groups (broad SMARTS) is 1. The number of halogens is 6. The van der Waals surface area contributed by atoms with Crippen LogP contribution in [0.1, 0.15) is 12.8 Å². The van der Waals surface area contributed by atoms with Crippen LogP contribution >= 0.6 is 69.6 Å². The first-order valence-corrected chi connectivity index (χ1v) is 8.91. The highest BCUT2D eigenvalue weighted by Gasteiger charge is 2.86. The van der Waals surface area contributed by atoms with E-state index in [0.717, 1.165) is 6.42 Å². The van der Waals surface area contributed by atoms with Crippen molar-refractivity contribution in [2.75, 3.05) is 0 Å². The average molecular weight is 411 g/mol. The van der Waals surface area contributed by atoms with Crippen LogP contribution in [-0.4, -0.2) is 25.2 Å². The van der Waals surface area contributed by atoms with E-state index in [-0.39, 0.29) is 33.7 Å². The highest BCUT2D eigenvalue weighted by Crippen LogP contribution is 2.82. The molecule has 3 fully saturated rings. The first-order valence-electron chi connectivity index (χ1n) is 6.64. The van der Waals surface area contributed by atoms with Gasteiger partial charge in [0.1, 0.15) is 9.75 Å². The lowest BCUT2D eigenvalue weighted by Crippen LogP contribution is -2.46. The number of hydrogen-bond acceptors (Lipinski definition) is 1. The second kappa shape index (κ2) is 4.13. The van der Waals surface area contributed by atoms with Gasteiger partial charge in [-0.15, -0.1) is 23.2 Å². The molecular formula is C13H10Cl6O2. The predicted molar refractivity (Wildman–Crippen MR) is 84.7 cm³/mol. The van der Waals surface area contributed by atoms with Gasteiger partial charge < -0.3 is 5.11 Å². The van der Waals surface area contributed by atoms with Crippen molar-refractivity contribution in [3.05, 3.63) is 10.1 Å². The van der Waals surface area contributed by atoms with Gasteiger partial charge in [0.25, 0.3) is 0 Å². The Hall–Kier alpha value is 0.950. The van der Waals surface area contributed by atoms with E-state index < -0.39 is 26.0 Å². The molecule has 2 nitrogen and oxygen atoms in total. The van der Waals surface area contributed by atoms with E-state index in [9.17, 15) is 9.90 Å². The number of fused-ring (bicyclic) bond motifs is 9. The van der Waals surface area contributed by atoms with Gasteiger partial charge in [0.15, 0.2) is 4.33 Å². The van der Waals surface area contributed by atoms with Crippen molar-refractivity contribution in [2.24, 2.45) is 29.6 Å². The molecule has 0 aromatic heterocycles. The minimum absolute atomic E-state index is 0.106. The molecule has 0 aromatic carbocycles. The SMILES string of the molecule is O=C(O)[C@@H]1C[C@H]2C[C@H]1[C@@H]1[C@H]2[C@@]2(Cl)C(Cl)=C(Cl)[C@@]1(Cl)C2(Cl)Cl. The number of hydrogen-bond donors (Lipinski definition) is 1. The van der Waals surface area contributed by atoms with Crippen LogP contribution in [0.5, 0.6) is 0 Å². The maximum atomic E-state index is 11.5. The smallest absolute Gasteiger partial charge is 0.306 e. The molecule has 4 bridgehead atoms. The Morgan fingerprint density at radius 2 is 1.52 bits per heavy atom. The third-order valence-corrected chi connectivity index (χ3v) is 10.3. The Balaban J connectivity index is 1.92. The van der Waals surface area contributed by atoms with E-state index in [1.807, 2.05) is 0 Å². The fourth-order valence-corrected chi connectivity index (χ4v) is 8.48. The van der Waals surface area contributed by atoms with Crippen molar-refractivity contribution in [1.82, 2.24) is 0 Å². The van der Waals surface area contributed by atoms with E-state index >= 15 is 0 Å². The van der Waals surface area contributed by atoms with Crippen LogP contribution in [-0.2, 0) is 4.79 Å². The largest absolute Gasteiger partial charge is 0.481 e. The lowest BCUT2D eigenvalue weighted by atomic mass is 9.69.